The monoisotopic (exact) mass is 163 g/mol. The lowest BCUT2D eigenvalue weighted by molar-refractivity contribution is 0.415. The average Bonchev–Trinajstić information content (AvgIpc) is 2.17. The average molecular weight is 163 g/mol. The Kier molecular flexibility index (Phi) is 2.53. The maximum Gasteiger partial charge on any atom is 0.173 e. The second-order valence-corrected chi connectivity index (χ2v) is 2.19. The van der Waals surface area contributed by atoms with Gasteiger partial charge in [-0.05, 0) is 24.3 Å². The molecule has 0 aromatic heterocycles. The van der Waals surface area contributed by atoms with Crippen LogP contribution in [-0.4, -0.2) is 12.9 Å². The molecule has 4 heteroatoms. The molecule has 4 nitrogen and oxygen atoms in total. The summed E-state index contributed by atoms with van der Waals surface area (Å²) in [5.74, 6) is 0.689. The quantitative estimate of drug-likeness (QED) is 0.391. The van der Waals surface area contributed by atoms with Gasteiger partial charge in [-0.1, -0.05) is 0 Å². The van der Waals surface area contributed by atoms with Crippen LogP contribution in [0, 0.1) is 10.9 Å². The lowest BCUT2D eigenvalue weighted by Gasteiger charge is -1.99. The molecule has 0 bridgehead atoms. The molecule has 0 saturated heterocycles. The molecule has 0 radical (unpaired) electrons. The van der Waals surface area contributed by atoms with Crippen molar-refractivity contribution in [1.82, 2.24) is 0 Å². The Labute approximate surface area is 70.2 Å². The minimum atomic E-state index is -0.0438. The minimum Gasteiger partial charge on any atom is -0.497 e. The fraction of sp³-hybridized carbons (Fsp3) is 0.125. The van der Waals surface area contributed by atoms with Crippen molar-refractivity contribution in [1.29, 1.82) is 10.9 Å². The van der Waals surface area contributed by atoms with Crippen LogP contribution in [0.25, 0.3) is 0 Å². The van der Waals surface area contributed by atoms with Crippen LogP contribution in [0.3, 0.4) is 0 Å². The van der Waals surface area contributed by atoms with Gasteiger partial charge in [-0.25, -0.2) is 5.53 Å². The predicted octanol–water partition coefficient (Wildman–Crippen LogP) is 2.05. The van der Waals surface area contributed by atoms with Crippen molar-refractivity contribution in [2.45, 2.75) is 0 Å². The molecule has 0 aliphatic carbocycles. The van der Waals surface area contributed by atoms with Gasteiger partial charge in [0.2, 0.25) is 0 Å². The van der Waals surface area contributed by atoms with Crippen molar-refractivity contribution in [3.05, 3.63) is 29.8 Å². The van der Waals surface area contributed by atoms with Gasteiger partial charge < -0.3 is 4.74 Å². The van der Waals surface area contributed by atoms with Crippen molar-refractivity contribution < 1.29 is 4.74 Å². The van der Waals surface area contributed by atoms with Gasteiger partial charge in [-0.15, -0.1) is 5.11 Å². The molecule has 0 atom stereocenters. The molecule has 0 unspecified atom stereocenters. The third-order valence-corrected chi connectivity index (χ3v) is 1.48. The van der Waals surface area contributed by atoms with Gasteiger partial charge in [0.25, 0.3) is 0 Å². The van der Waals surface area contributed by atoms with Crippen molar-refractivity contribution in [2.24, 2.45) is 5.11 Å². The highest BCUT2D eigenvalue weighted by atomic mass is 16.5. The fourth-order valence-corrected chi connectivity index (χ4v) is 0.813. The van der Waals surface area contributed by atoms with Crippen molar-refractivity contribution >= 4 is 5.84 Å². The van der Waals surface area contributed by atoms with Crippen LogP contribution in [0.2, 0.25) is 0 Å². The van der Waals surface area contributed by atoms with E-state index in [0.717, 1.165) is 5.75 Å². The number of rotatable bonds is 2. The molecule has 0 aliphatic heterocycles. The van der Waals surface area contributed by atoms with E-state index in [1.165, 1.54) is 0 Å². The van der Waals surface area contributed by atoms with Gasteiger partial charge in [0, 0.05) is 5.56 Å². The van der Waals surface area contributed by atoms with E-state index in [-0.39, 0.29) is 5.84 Å². The van der Waals surface area contributed by atoms with E-state index in [9.17, 15) is 0 Å². The summed E-state index contributed by atoms with van der Waals surface area (Å²) >= 11 is 0. The highest BCUT2D eigenvalue weighted by Gasteiger charge is 1.98. The van der Waals surface area contributed by atoms with Gasteiger partial charge in [0.15, 0.2) is 5.84 Å². The SMILES string of the molecule is COc1ccc(C(=N)N=N)cc1. The molecular weight excluding hydrogens is 154 g/mol. The Morgan fingerprint density at radius 2 is 1.92 bits per heavy atom. The number of benzene rings is 1. The van der Waals surface area contributed by atoms with Gasteiger partial charge in [-0.2, -0.15) is 0 Å². The van der Waals surface area contributed by atoms with Gasteiger partial charge in [0.1, 0.15) is 5.75 Å². The number of hydrogen-bond acceptors (Lipinski definition) is 3. The number of nitrogens with one attached hydrogen (secondary N) is 2. The van der Waals surface area contributed by atoms with E-state index < -0.39 is 0 Å². The van der Waals surface area contributed by atoms with Gasteiger partial charge in [0.05, 0.1) is 7.11 Å². The molecule has 0 aliphatic rings. The molecule has 0 fully saturated rings. The highest BCUT2D eigenvalue weighted by Crippen LogP contribution is 2.11. The van der Waals surface area contributed by atoms with Crippen LogP contribution in [-0.2, 0) is 0 Å². The van der Waals surface area contributed by atoms with Crippen LogP contribution in [0.1, 0.15) is 5.56 Å². The Morgan fingerprint density at radius 1 is 1.33 bits per heavy atom. The molecule has 1 rings (SSSR count). The first-order valence-corrected chi connectivity index (χ1v) is 3.38. The zero-order valence-corrected chi connectivity index (χ0v) is 6.66. The molecule has 0 heterocycles. The Balaban J connectivity index is 2.91. The number of ether oxygens (including phenoxy) is 1. The van der Waals surface area contributed by atoms with Crippen molar-refractivity contribution in [3.8, 4) is 5.75 Å². The zero-order chi connectivity index (χ0) is 8.97. The summed E-state index contributed by atoms with van der Waals surface area (Å²) in [6.07, 6.45) is 0. The number of methoxy groups -OCH3 is 1. The second-order valence-electron chi connectivity index (χ2n) is 2.19. The van der Waals surface area contributed by atoms with Crippen LogP contribution in [0.5, 0.6) is 5.75 Å². The Morgan fingerprint density at radius 3 is 2.33 bits per heavy atom. The lowest BCUT2D eigenvalue weighted by Crippen LogP contribution is -1.92. The third kappa shape index (κ3) is 1.66. The first-order valence-electron chi connectivity index (χ1n) is 3.38. The Bertz CT molecular complexity index is 292. The maximum atomic E-state index is 7.21. The van der Waals surface area contributed by atoms with E-state index in [2.05, 4.69) is 5.11 Å². The van der Waals surface area contributed by atoms with E-state index in [1.807, 2.05) is 0 Å². The smallest absolute Gasteiger partial charge is 0.173 e. The molecule has 0 saturated carbocycles. The normalized spacial score (nSPS) is 9.08. The van der Waals surface area contributed by atoms with E-state index in [0.29, 0.717) is 5.56 Å². The molecule has 62 valence electrons. The summed E-state index contributed by atoms with van der Waals surface area (Å²) in [6, 6.07) is 6.85. The minimum absolute atomic E-state index is 0.0438. The number of nitrogens with zero attached hydrogens (tertiary/aromatic N) is 1. The molecule has 0 spiro atoms. The molecule has 12 heavy (non-hydrogen) atoms. The van der Waals surface area contributed by atoms with Crippen LogP contribution >= 0.6 is 0 Å². The molecule has 1 aromatic rings. The molecule has 2 N–H and O–H groups in total. The van der Waals surface area contributed by atoms with Crippen molar-refractivity contribution in [2.75, 3.05) is 7.11 Å². The standard InChI is InChI=1S/C8H9N3O/c1-12-7-4-2-6(3-5-7)8(9)11-10/h2-5,9-10H,1H3. The van der Waals surface area contributed by atoms with Gasteiger partial charge >= 0.3 is 0 Å². The summed E-state index contributed by atoms with van der Waals surface area (Å²) < 4.78 is 4.93. The van der Waals surface area contributed by atoms with E-state index >= 15 is 0 Å². The second kappa shape index (κ2) is 3.61. The van der Waals surface area contributed by atoms with E-state index in [4.69, 9.17) is 15.7 Å². The van der Waals surface area contributed by atoms with E-state index in [1.54, 1.807) is 31.4 Å². The lowest BCUT2D eigenvalue weighted by atomic mass is 10.2. The third-order valence-electron chi connectivity index (χ3n) is 1.48. The molecule has 0 amide bonds. The Hall–Kier alpha value is -1.71. The molecule has 1 aromatic carbocycles. The topological polar surface area (TPSA) is 69.3 Å². The highest BCUT2D eigenvalue weighted by molar-refractivity contribution is 5.96. The predicted molar refractivity (Wildman–Crippen MR) is 45.0 cm³/mol. The van der Waals surface area contributed by atoms with Crippen LogP contribution in [0.15, 0.2) is 29.4 Å². The first-order chi connectivity index (χ1) is 5.77. The van der Waals surface area contributed by atoms with Crippen molar-refractivity contribution in [3.63, 3.8) is 0 Å². The summed E-state index contributed by atoms with van der Waals surface area (Å²) in [4.78, 5) is 0. The summed E-state index contributed by atoms with van der Waals surface area (Å²) in [7, 11) is 1.58. The largest absolute Gasteiger partial charge is 0.497 e. The zero-order valence-electron chi connectivity index (χ0n) is 6.66. The summed E-state index contributed by atoms with van der Waals surface area (Å²) in [5.41, 5.74) is 7.23. The summed E-state index contributed by atoms with van der Waals surface area (Å²) in [6.45, 7) is 0. The van der Waals surface area contributed by atoms with Crippen LogP contribution < -0.4 is 4.74 Å². The first kappa shape index (κ1) is 8.39. The molecular formula is C8H9N3O. The number of amidine groups is 1. The number of hydrogen-bond donors (Lipinski definition) is 2. The fourth-order valence-electron chi connectivity index (χ4n) is 0.813. The maximum absolute atomic E-state index is 7.21. The van der Waals surface area contributed by atoms with Crippen LogP contribution in [0.4, 0.5) is 0 Å². The summed E-state index contributed by atoms with van der Waals surface area (Å²) in [5, 5.41) is 10.2. The van der Waals surface area contributed by atoms with Gasteiger partial charge in [-0.3, -0.25) is 5.41 Å².